The van der Waals surface area contributed by atoms with Gasteiger partial charge in [0.2, 0.25) is 5.71 Å². The summed E-state index contributed by atoms with van der Waals surface area (Å²) in [5.74, 6) is -0.591. The van der Waals surface area contributed by atoms with Crippen LogP contribution in [0.1, 0.15) is 46.2 Å². The van der Waals surface area contributed by atoms with Crippen LogP contribution in [0.25, 0.3) is 55.7 Å². The Morgan fingerprint density at radius 1 is 0.791 bits per heavy atom. The van der Waals surface area contributed by atoms with Crippen LogP contribution >= 0.6 is 0 Å². The molecule has 0 saturated heterocycles. The molecular formula is C38H31IrN3O-2. The molecule has 43 heavy (non-hydrogen) atoms. The molecule has 0 bridgehead atoms. The summed E-state index contributed by atoms with van der Waals surface area (Å²) >= 11 is 0. The van der Waals surface area contributed by atoms with Crippen LogP contribution in [-0.4, -0.2) is 15.0 Å². The molecule has 0 amide bonds. The van der Waals surface area contributed by atoms with Crippen molar-refractivity contribution in [1.82, 2.24) is 15.0 Å². The number of nitrogens with zero attached hydrogens (tertiary/aromatic N) is 3. The molecule has 0 aliphatic carbocycles. The number of aromatic nitrogens is 3. The second-order valence-electron chi connectivity index (χ2n) is 9.94. The molecule has 0 unspecified atom stereocenters. The number of benzene rings is 3. The molecule has 0 spiro atoms. The van der Waals surface area contributed by atoms with E-state index < -0.39 is 19.6 Å². The minimum absolute atomic E-state index is 0. The molecule has 0 fully saturated rings. The predicted molar refractivity (Wildman–Crippen MR) is 171 cm³/mol. The van der Waals surface area contributed by atoms with E-state index in [0.29, 0.717) is 27.8 Å². The van der Waals surface area contributed by atoms with Gasteiger partial charge in [-0.2, -0.15) is 0 Å². The van der Waals surface area contributed by atoms with Gasteiger partial charge in [-0.15, -0.1) is 54.1 Å². The summed E-state index contributed by atoms with van der Waals surface area (Å²) in [6, 6.07) is 35.6. The first kappa shape index (κ1) is 22.1. The van der Waals surface area contributed by atoms with E-state index in [9.17, 15) is 0 Å². The number of pyridine rings is 3. The molecule has 1 radical (unpaired) electrons. The SMILES string of the molecule is [2H]C(C)(C)c1ccc(-c2[c-]cccc2)nc1.[2H]C([2H])([2H])c1ccc2c(n1)oc1c(-c3cc(-c4ccccc4)c(C([2H])([2H])[2H])cn3)[c-]ccc12.[Ir]. The summed E-state index contributed by atoms with van der Waals surface area (Å²) < 4.78 is 60.5. The van der Waals surface area contributed by atoms with Gasteiger partial charge < -0.3 is 14.4 Å². The van der Waals surface area contributed by atoms with E-state index in [0.717, 1.165) is 27.8 Å². The first-order valence-corrected chi connectivity index (χ1v) is 13.4. The molecule has 0 atom stereocenters. The zero-order chi connectivity index (χ0) is 35.0. The molecule has 4 heterocycles. The fourth-order valence-electron chi connectivity index (χ4n) is 4.66. The van der Waals surface area contributed by atoms with Gasteiger partial charge in [0.05, 0.1) is 5.58 Å². The maximum Gasteiger partial charge on any atom is 0.216 e. The maximum absolute atomic E-state index is 7.93. The van der Waals surface area contributed by atoms with E-state index in [4.69, 9.17) is 14.0 Å². The number of hydrogen-bond donors (Lipinski definition) is 0. The molecule has 0 aliphatic heterocycles. The Morgan fingerprint density at radius 3 is 2.35 bits per heavy atom. The quantitative estimate of drug-likeness (QED) is 0.169. The summed E-state index contributed by atoms with van der Waals surface area (Å²) in [5.41, 5.74) is 5.90. The third-order valence-corrected chi connectivity index (χ3v) is 6.87. The van der Waals surface area contributed by atoms with Crippen LogP contribution < -0.4 is 0 Å². The molecule has 4 nitrogen and oxygen atoms in total. The fourth-order valence-corrected chi connectivity index (χ4v) is 4.66. The van der Waals surface area contributed by atoms with Crippen LogP contribution in [0.5, 0.6) is 0 Å². The van der Waals surface area contributed by atoms with Crippen molar-refractivity contribution < 1.29 is 34.1 Å². The first-order chi connectivity index (χ1) is 23.2. The number of furan rings is 1. The van der Waals surface area contributed by atoms with E-state index in [2.05, 4.69) is 27.1 Å². The number of aryl methyl sites for hydroxylation is 2. The number of fused-ring (bicyclic) bond motifs is 3. The van der Waals surface area contributed by atoms with Gasteiger partial charge >= 0.3 is 0 Å². The van der Waals surface area contributed by atoms with Crippen LogP contribution in [0, 0.1) is 25.8 Å². The van der Waals surface area contributed by atoms with Gasteiger partial charge in [0.1, 0.15) is 0 Å². The standard InChI is InChI=1S/C24H17N2O.C14H14N.Ir/c1-15-14-25-22(13-21(15)17-7-4-3-5-8-17)20-10-6-9-18-19-12-11-16(2)26-24(19)27-23(18)20;1-11(2)13-8-9-14(15-10-13)12-6-4-3-5-7-12;/h3-9,11-14H,1-2H3;3-6,8-11H,1-2H3;/q2*-1;/i1D3,2D3;11D;. The Labute approximate surface area is 276 Å². The topological polar surface area (TPSA) is 51.8 Å². The van der Waals surface area contributed by atoms with Crippen molar-refractivity contribution in [2.75, 3.05) is 0 Å². The van der Waals surface area contributed by atoms with Gasteiger partial charge in [0.25, 0.3) is 0 Å². The minimum Gasteiger partial charge on any atom is -0.486 e. The van der Waals surface area contributed by atoms with Crippen molar-refractivity contribution in [2.45, 2.75) is 33.4 Å². The van der Waals surface area contributed by atoms with Crippen molar-refractivity contribution >= 4 is 22.1 Å². The second kappa shape index (κ2) is 13.2. The average Bonchev–Trinajstić information content (AvgIpc) is 3.46. The Hall–Kier alpha value is -4.44. The molecule has 215 valence electrons. The Morgan fingerprint density at radius 2 is 1.63 bits per heavy atom. The molecule has 3 aromatic carbocycles. The van der Waals surface area contributed by atoms with Crippen LogP contribution in [0.2, 0.25) is 0 Å². The summed E-state index contributed by atoms with van der Waals surface area (Å²) in [5, 5.41) is 1.42. The van der Waals surface area contributed by atoms with Crippen molar-refractivity contribution in [3.63, 3.8) is 0 Å². The van der Waals surface area contributed by atoms with E-state index in [-0.39, 0.29) is 37.1 Å². The first-order valence-electron chi connectivity index (χ1n) is 16.9. The van der Waals surface area contributed by atoms with Gasteiger partial charge in [-0.25, -0.2) is 4.98 Å². The average molecular weight is 745 g/mol. The molecule has 0 saturated carbocycles. The Balaban J connectivity index is 0.000000241. The summed E-state index contributed by atoms with van der Waals surface area (Å²) in [6.45, 7) is -0.961. The third-order valence-electron chi connectivity index (χ3n) is 6.87. The summed E-state index contributed by atoms with van der Waals surface area (Å²) in [7, 11) is 0. The van der Waals surface area contributed by atoms with Gasteiger partial charge in [-0.1, -0.05) is 73.3 Å². The molecule has 0 aliphatic rings. The van der Waals surface area contributed by atoms with Crippen molar-refractivity contribution in [3.8, 4) is 33.6 Å². The van der Waals surface area contributed by atoms with E-state index in [1.54, 1.807) is 24.4 Å². The van der Waals surface area contributed by atoms with E-state index >= 15 is 0 Å². The predicted octanol–water partition coefficient (Wildman–Crippen LogP) is 9.80. The van der Waals surface area contributed by atoms with Gasteiger partial charge in [0.15, 0.2) is 0 Å². The zero-order valence-electron chi connectivity index (χ0n) is 30.5. The van der Waals surface area contributed by atoms with Crippen LogP contribution in [0.15, 0.2) is 114 Å². The largest absolute Gasteiger partial charge is 0.486 e. The number of rotatable bonds is 4. The molecular weight excluding hydrogens is 707 g/mol. The normalized spacial score (nSPS) is 14.0. The van der Waals surface area contributed by atoms with Crippen LogP contribution in [0.3, 0.4) is 0 Å². The third kappa shape index (κ3) is 6.49. The Bertz CT molecular complexity index is 2230. The van der Waals surface area contributed by atoms with Crippen molar-refractivity contribution in [3.05, 3.63) is 138 Å². The van der Waals surface area contributed by atoms with Gasteiger partial charge in [-0.3, -0.25) is 0 Å². The molecule has 7 rings (SSSR count). The van der Waals surface area contributed by atoms with Crippen molar-refractivity contribution in [2.24, 2.45) is 0 Å². The molecule has 0 N–H and O–H groups in total. The zero-order valence-corrected chi connectivity index (χ0v) is 25.9. The smallest absolute Gasteiger partial charge is 0.216 e. The van der Waals surface area contributed by atoms with E-state index in [1.165, 1.54) is 12.3 Å². The summed E-state index contributed by atoms with van der Waals surface area (Å²) in [4.78, 5) is 13.0. The minimum atomic E-state index is -2.35. The monoisotopic (exact) mass is 745 g/mol. The summed E-state index contributed by atoms with van der Waals surface area (Å²) in [6.07, 6.45) is 3.13. The number of hydrogen-bond acceptors (Lipinski definition) is 4. The Kier molecular flexibility index (Phi) is 6.82. The van der Waals surface area contributed by atoms with Gasteiger partial charge in [0, 0.05) is 53.2 Å². The molecule has 4 aromatic heterocycles. The van der Waals surface area contributed by atoms with Crippen LogP contribution in [0.4, 0.5) is 0 Å². The van der Waals surface area contributed by atoms with Crippen molar-refractivity contribution in [1.29, 1.82) is 0 Å². The molecule has 7 aromatic rings. The van der Waals surface area contributed by atoms with E-state index in [1.807, 2.05) is 86.6 Å². The maximum atomic E-state index is 7.93. The van der Waals surface area contributed by atoms with Crippen LogP contribution in [-0.2, 0) is 20.1 Å². The molecule has 5 heteroatoms. The van der Waals surface area contributed by atoms with Gasteiger partial charge in [-0.05, 0) is 65.4 Å². The fraction of sp³-hybridized carbons (Fsp3) is 0.132. The second-order valence-corrected chi connectivity index (χ2v) is 9.94.